The number of nitrogens with one attached hydrogen (secondary N) is 2. The molecule has 2 saturated heterocycles. The van der Waals surface area contributed by atoms with Crippen molar-refractivity contribution in [2.24, 2.45) is 0 Å². The first-order valence-electron chi connectivity index (χ1n) is 34.0. The molecule has 112 heavy (non-hydrogen) atoms. The number of aromatic nitrogens is 8. The molecule has 0 aliphatic carbocycles. The van der Waals surface area contributed by atoms with Gasteiger partial charge in [-0.2, -0.15) is 0 Å². The van der Waals surface area contributed by atoms with Crippen molar-refractivity contribution in [1.29, 1.82) is 0 Å². The molecular formula is C82H64F12N10O4P2Ru2+2. The van der Waals surface area contributed by atoms with Gasteiger partial charge >= 0.3 is 105 Å². The summed E-state index contributed by atoms with van der Waals surface area (Å²) >= 11 is 0. The van der Waals surface area contributed by atoms with Crippen LogP contribution in [0.2, 0.25) is 0 Å². The SMILES string of the molecule is F[P-](F)(F)(F)(F)F.F[P-](F)(F)(F)(F)F.O=C([O-])[C@@H]1CCCN1.O=C([O-])[C@@H]1CCCN1.[Ru+3].[Ru+3].c1ccc2nc(-c3ccc4ccccc4n3)ccc2c1.c1ccc2nc(-c3ccc4ccccc4n3)ccc2c1.c1ccc2nc(-c3ccc4ccccc4n3)ccc2c1.c1ccc2nc(-c3ccc4ccccc4n3)ccc2c1. The third-order valence-corrected chi connectivity index (χ3v) is 16.5. The largest absolute Gasteiger partial charge is 3.00 e. The normalized spacial score (nSPS) is 14.8. The molecule has 0 spiro atoms. The predicted octanol–water partition coefficient (Wildman–Crippen LogP) is 21.5. The van der Waals surface area contributed by atoms with E-state index >= 15 is 0 Å². The van der Waals surface area contributed by atoms with E-state index in [1.807, 2.05) is 194 Å². The molecular weight excluding hydrogens is 1680 g/mol. The second-order valence-corrected chi connectivity index (χ2v) is 28.8. The summed E-state index contributed by atoms with van der Waals surface area (Å²) in [6, 6.07) is 97.2. The average Bonchev–Trinajstić information content (AvgIpc) is 0.946. The quantitative estimate of drug-likeness (QED) is 0.0902. The molecule has 30 heteroatoms. The molecule has 8 aromatic carbocycles. The fourth-order valence-corrected chi connectivity index (χ4v) is 11.4. The van der Waals surface area contributed by atoms with Gasteiger partial charge < -0.3 is 30.4 Å². The number of para-hydroxylation sites is 8. The third-order valence-electron chi connectivity index (χ3n) is 16.5. The summed E-state index contributed by atoms with van der Waals surface area (Å²) in [6.45, 7) is 1.64. The molecule has 18 rings (SSSR count). The number of hydrogen-bond donors (Lipinski definition) is 2. The Bertz CT molecular complexity index is 4980. The summed E-state index contributed by atoms with van der Waals surface area (Å²) < 4.78 is 118. The Morgan fingerprint density at radius 1 is 0.250 bits per heavy atom. The first-order valence-corrected chi connectivity index (χ1v) is 38.1. The van der Waals surface area contributed by atoms with E-state index in [1.165, 1.54) is 0 Å². The molecule has 2 radical (unpaired) electrons. The van der Waals surface area contributed by atoms with Crippen molar-refractivity contribution in [3.63, 3.8) is 0 Å². The molecule has 2 aliphatic heterocycles. The number of hydrogen-bond acceptors (Lipinski definition) is 14. The number of pyridine rings is 8. The maximum atomic E-state index is 10.0. The van der Waals surface area contributed by atoms with Gasteiger partial charge in [-0.3, -0.25) is 0 Å². The van der Waals surface area contributed by atoms with Gasteiger partial charge in [-0.15, -0.1) is 0 Å². The van der Waals surface area contributed by atoms with Gasteiger partial charge in [-0.25, -0.2) is 39.9 Å². The summed E-state index contributed by atoms with van der Waals surface area (Å²) in [5.41, 5.74) is 15.3. The second kappa shape index (κ2) is 35.2. The Balaban J connectivity index is 0.000000152. The van der Waals surface area contributed by atoms with Crippen LogP contribution in [0.25, 0.3) is 133 Å². The predicted molar refractivity (Wildman–Crippen MR) is 409 cm³/mol. The van der Waals surface area contributed by atoms with Gasteiger partial charge in [0.15, 0.2) is 0 Å². The molecule has 10 heterocycles. The smallest absolute Gasteiger partial charge is 0.548 e. The van der Waals surface area contributed by atoms with E-state index in [1.54, 1.807) is 0 Å². The summed E-state index contributed by atoms with van der Waals surface area (Å²) in [4.78, 5) is 57.6. The van der Waals surface area contributed by atoms with Crippen molar-refractivity contribution >= 4 is 115 Å². The second-order valence-electron chi connectivity index (χ2n) is 25.0. The van der Waals surface area contributed by atoms with Crippen LogP contribution in [0, 0.1) is 0 Å². The van der Waals surface area contributed by atoms with E-state index in [2.05, 4.69) is 148 Å². The minimum atomic E-state index is -10.7. The van der Waals surface area contributed by atoms with Gasteiger partial charge in [0.1, 0.15) is 0 Å². The van der Waals surface area contributed by atoms with Crippen molar-refractivity contribution < 1.29 is 109 Å². The first kappa shape index (κ1) is 85.2. The van der Waals surface area contributed by atoms with E-state index in [9.17, 15) is 70.2 Å². The Kier molecular flexibility index (Phi) is 26.8. The van der Waals surface area contributed by atoms with E-state index in [4.69, 9.17) is 0 Å². The van der Waals surface area contributed by atoms with Crippen molar-refractivity contribution in [2.75, 3.05) is 13.1 Å². The molecule has 16 aromatic rings. The van der Waals surface area contributed by atoms with Crippen LogP contribution in [0.5, 0.6) is 0 Å². The Morgan fingerprint density at radius 3 is 0.491 bits per heavy atom. The number of aliphatic carboxylic acids is 2. The maximum Gasteiger partial charge on any atom is 3.00 e. The van der Waals surface area contributed by atoms with Crippen molar-refractivity contribution in [1.82, 2.24) is 50.5 Å². The van der Waals surface area contributed by atoms with Gasteiger partial charge in [0.25, 0.3) is 0 Å². The number of rotatable bonds is 6. The van der Waals surface area contributed by atoms with Crippen molar-refractivity contribution in [3.05, 3.63) is 291 Å². The summed E-state index contributed by atoms with van der Waals surface area (Å²) in [7, 11) is -21.3. The number of carbonyl (C=O) groups excluding carboxylic acids is 2. The minimum absolute atomic E-state index is 0. The van der Waals surface area contributed by atoms with Crippen LogP contribution < -0.4 is 20.8 Å². The fraction of sp³-hybridized carbons (Fsp3) is 0.0976. The number of benzene rings is 8. The van der Waals surface area contributed by atoms with Crippen molar-refractivity contribution in [2.45, 2.75) is 37.8 Å². The summed E-state index contributed by atoms with van der Waals surface area (Å²) in [5.74, 6) is -1.94. The molecule has 2 atom stereocenters. The van der Waals surface area contributed by atoms with E-state index in [-0.39, 0.29) is 51.0 Å². The number of carboxylic acids is 2. The molecule has 0 bridgehead atoms. The monoisotopic (exact) mass is 1750 g/mol. The van der Waals surface area contributed by atoms with E-state index < -0.39 is 27.6 Å². The zero-order chi connectivity index (χ0) is 78.2. The Labute approximate surface area is 657 Å². The van der Waals surface area contributed by atoms with Crippen LogP contribution in [0.15, 0.2) is 291 Å². The van der Waals surface area contributed by atoms with Crippen LogP contribution in [0.4, 0.5) is 50.4 Å². The molecule has 2 N–H and O–H groups in total. The van der Waals surface area contributed by atoms with Crippen LogP contribution in [0.1, 0.15) is 25.7 Å². The first-order chi connectivity index (χ1) is 52.1. The molecule has 14 nitrogen and oxygen atoms in total. The number of halogens is 12. The Hall–Kier alpha value is -10.8. The van der Waals surface area contributed by atoms with E-state index in [0.29, 0.717) is 0 Å². The number of fused-ring (bicyclic) bond motifs is 8. The van der Waals surface area contributed by atoms with Crippen LogP contribution in [0.3, 0.4) is 0 Å². The van der Waals surface area contributed by atoms with Crippen LogP contribution in [-0.4, -0.2) is 77.0 Å². The molecule has 0 saturated carbocycles. The summed E-state index contributed by atoms with van der Waals surface area (Å²) in [5, 5.41) is 34.8. The molecule has 2 fully saturated rings. The zero-order valence-corrected chi connectivity index (χ0v) is 63.7. The number of carbonyl (C=O) groups is 2. The summed E-state index contributed by atoms with van der Waals surface area (Å²) in [6.07, 6.45) is 3.36. The maximum absolute atomic E-state index is 10.7. The molecule has 8 aromatic heterocycles. The van der Waals surface area contributed by atoms with Gasteiger partial charge in [0, 0.05) is 55.2 Å². The number of carboxylic acid groups (broad SMARTS) is 2. The standard InChI is InChI=1S/4C18H12N2.2C5H9NO2.2F6P.2Ru/c4*1-3-7-15-13(5-1)9-11-17(19-15)18-12-10-14-6-2-4-8-16(14)20-18;2*7-5(8)4-2-1-3-6-4;2*1-7(2,3,4,5)6;;/h4*1-12H;2*4,6H,1-3H2,(H,7,8);;;;/q;;;;;;2*-1;2*+3/p-2/t;;;;2*4-;;;;/m....00..../s1. The zero-order valence-electron chi connectivity index (χ0n) is 58.5. The van der Waals surface area contributed by atoms with Crippen LogP contribution >= 0.6 is 15.6 Å². The topological polar surface area (TPSA) is 207 Å². The number of nitrogens with zero attached hydrogens (tertiary/aromatic N) is 8. The van der Waals surface area contributed by atoms with Gasteiger partial charge in [0.05, 0.1) is 102 Å². The van der Waals surface area contributed by atoms with Gasteiger partial charge in [0.2, 0.25) is 0 Å². The molecule has 574 valence electrons. The third kappa shape index (κ3) is 27.3. The van der Waals surface area contributed by atoms with Crippen molar-refractivity contribution in [3.8, 4) is 45.6 Å². The minimum Gasteiger partial charge on any atom is -0.548 e. The van der Waals surface area contributed by atoms with E-state index in [0.717, 1.165) is 172 Å². The molecule has 2 aliphatic rings. The van der Waals surface area contributed by atoms with Crippen LogP contribution in [-0.2, 0) is 48.5 Å². The molecule has 0 amide bonds. The Morgan fingerprint density at radius 2 is 0.384 bits per heavy atom. The van der Waals surface area contributed by atoms with Gasteiger partial charge in [-0.05, 0) is 136 Å². The van der Waals surface area contributed by atoms with Gasteiger partial charge in [-0.1, -0.05) is 194 Å². The average molecular weight is 1750 g/mol. The molecule has 0 unspecified atom stereocenters. The fourth-order valence-electron chi connectivity index (χ4n) is 11.4.